The Morgan fingerprint density at radius 2 is 1.52 bits per heavy atom. The summed E-state index contributed by atoms with van der Waals surface area (Å²) in [5, 5.41) is 1.27. The summed E-state index contributed by atoms with van der Waals surface area (Å²) in [6.07, 6.45) is 2.99. The molecule has 1 amide bonds. The molecule has 2 aromatic carbocycles. The van der Waals surface area contributed by atoms with Gasteiger partial charge in [-0.15, -0.1) is 4.28 Å². The van der Waals surface area contributed by atoms with Gasteiger partial charge in [0, 0.05) is 18.7 Å². The Morgan fingerprint density at radius 3 is 2.06 bits per heavy atom. The molecule has 2 aromatic rings. The summed E-state index contributed by atoms with van der Waals surface area (Å²) in [4.78, 5) is 10.6. The molecule has 0 heterocycles. The number of amides is 1. The predicted molar refractivity (Wildman–Crippen MR) is 103 cm³/mol. The molecule has 0 saturated heterocycles. The number of hydrogen-bond donors (Lipinski definition) is 0. The van der Waals surface area contributed by atoms with Crippen LogP contribution in [-0.4, -0.2) is 40.7 Å². The van der Waals surface area contributed by atoms with Crippen molar-refractivity contribution in [1.29, 1.82) is 0 Å². The highest BCUT2D eigenvalue weighted by atomic mass is 32.2. The fraction of sp³-hybridized carbons (Fsp3) is 0.250. The average molecular weight is 493 g/mol. The lowest BCUT2D eigenvalue weighted by atomic mass is 10.0. The maximum atomic E-state index is 13.9. The van der Waals surface area contributed by atoms with Gasteiger partial charge in [-0.2, -0.15) is 8.42 Å². The third-order valence-corrected chi connectivity index (χ3v) is 6.08. The van der Waals surface area contributed by atoms with Gasteiger partial charge in [-0.3, -0.25) is 4.79 Å². The molecule has 0 aliphatic heterocycles. The van der Waals surface area contributed by atoms with Gasteiger partial charge in [0.1, 0.15) is 11.5 Å². The highest BCUT2D eigenvalue weighted by molar-refractivity contribution is 7.86. The second-order valence-corrected chi connectivity index (χ2v) is 8.21. The van der Waals surface area contributed by atoms with Crippen LogP contribution < -0.4 is 15.2 Å². The van der Waals surface area contributed by atoms with E-state index >= 15 is 0 Å². The molecular weight excluding hydrogens is 477 g/mol. The van der Waals surface area contributed by atoms with E-state index in [4.69, 9.17) is 9.47 Å². The highest BCUT2D eigenvalue weighted by Crippen LogP contribution is 2.29. The number of nitrogens with zero attached hydrogens (tertiary/aromatic N) is 1. The van der Waals surface area contributed by atoms with E-state index in [2.05, 4.69) is 4.28 Å². The van der Waals surface area contributed by atoms with Crippen LogP contribution in [0.3, 0.4) is 0 Å². The van der Waals surface area contributed by atoms with Gasteiger partial charge in [0.05, 0.1) is 19.8 Å². The first kappa shape index (κ1) is 24.5. The molecule has 0 fully saturated rings. The Bertz CT molecular complexity index is 1350. The highest BCUT2D eigenvalue weighted by Gasteiger charge is 2.36. The fourth-order valence-electron chi connectivity index (χ4n) is 3.24. The summed E-state index contributed by atoms with van der Waals surface area (Å²) < 4.78 is 107. The Balaban J connectivity index is 2.04. The van der Waals surface area contributed by atoms with Crippen LogP contribution in [0.1, 0.15) is 23.2 Å². The maximum Gasteiger partial charge on any atom is 0.323 e. The zero-order chi connectivity index (χ0) is 24.7. The summed E-state index contributed by atoms with van der Waals surface area (Å²) in [7, 11) is -2.16. The normalized spacial score (nSPS) is 13.3. The first-order valence-corrected chi connectivity index (χ1v) is 10.5. The Hall–Kier alpha value is -3.19. The molecule has 13 heteroatoms. The van der Waals surface area contributed by atoms with Crippen LogP contribution in [0.25, 0.3) is 11.8 Å². The number of hydrogen-bond acceptors (Lipinski definition) is 6. The zero-order valence-electron chi connectivity index (χ0n) is 17.3. The second-order valence-electron chi connectivity index (χ2n) is 6.74. The van der Waals surface area contributed by atoms with Crippen LogP contribution >= 0.6 is 0 Å². The molecule has 0 saturated carbocycles. The zero-order valence-corrected chi connectivity index (χ0v) is 18.2. The second kappa shape index (κ2) is 8.98. The van der Waals surface area contributed by atoms with Crippen LogP contribution in [0.2, 0.25) is 0 Å². The van der Waals surface area contributed by atoms with Crippen molar-refractivity contribution in [3.63, 3.8) is 0 Å². The molecule has 1 aliphatic rings. The smallest absolute Gasteiger partial charge is 0.323 e. The molecule has 0 unspecified atom stereocenters. The van der Waals surface area contributed by atoms with Crippen LogP contribution in [0, 0.1) is 29.1 Å². The van der Waals surface area contributed by atoms with Gasteiger partial charge in [0.25, 0.3) is 5.91 Å². The van der Waals surface area contributed by atoms with Crippen LogP contribution in [0.4, 0.5) is 22.0 Å². The van der Waals surface area contributed by atoms with Gasteiger partial charge in [-0.1, -0.05) is 6.08 Å². The Morgan fingerprint density at radius 1 is 0.939 bits per heavy atom. The van der Waals surface area contributed by atoms with Gasteiger partial charge < -0.3 is 9.47 Å². The van der Waals surface area contributed by atoms with Gasteiger partial charge >= 0.3 is 10.1 Å². The summed E-state index contributed by atoms with van der Waals surface area (Å²) in [5.41, 5.74) is -0.194. The van der Waals surface area contributed by atoms with Crippen molar-refractivity contribution in [1.82, 2.24) is 5.06 Å². The number of carbonyl (C=O) groups excluding carboxylic acids is 1. The molecule has 33 heavy (non-hydrogen) atoms. The number of halogens is 5. The molecule has 3 rings (SSSR count). The number of benzene rings is 2. The number of ether oxygens (including phenoxy) is 2. The Kier molecular flexibility index (Phi) is 6.65. The number of hydroxylamine groups is 2. The third kappa shape index (κ3) is 4.25. The number of rotatable bonds is 6. The van der Waals surface area contributed by atoms with Crippen molar-refractivity contribution >= 4 is 27.9 Å². The van der Waals surface area contributed by atoms with E-state index in [1.54, 1.807) is 6.08 Å². The van der Waals surface area contributed by atoms with Crippen LogP contribution in [-0.2, 0) is 19.1 Å². The lowest BCUT2D eigenvalue weighted by Crippen LogP contribution is -2.35. The van der Waals surface area contributed by atoms with Crippen molar-refractivity contribution in [3.05, 3.63) is 57.2 Å². The standard InChI is InChI=1S/C20H16F5NO6S/c1-26(32-33(28,29)19-17(24)15(22)14(21)16(23)18(19)25)20(27)11-7-9-5-4-6-12(30-2)10(9)8-13(11)31-3/h5,7-8H,4,6H2,1-3H3. The van der Waals surface area contributed by atoms with E-state index in [9.17, 15) is 35.2 Å². The number of carbonyl (C=O) groups is 1. The van der Waals surface area contributed by atoms with Crippen molar-refractivity contribution < 1.29 is 48.9 Å². The summed E-state index contributed by atoms with van der Waals surface area (Å²) in [6, 6.07) is 2.84. The quantitative estimate of drug-likeness (QED) is 0.266. The van der Waals surface area contributed by atoms with Crippen molar-refractivity contribution in [2.24, 2.45) is 0 Å². The average Bonchev–Trinajstić information content (AvgIpc) is 2.79. The van der Waals surface area contributed by atoms with E-state index in [-0.39, 0.29) is 16.4 Å². The molecule has 7 nitrogen and oxygen atoms in total. The largest absolute Gasteiger partial charge is 0.500 e. The molecule has 0 bridgehead atoms. The SMILES string of the molecule is COC1=c2cc(OC)c(C(=O)N(C)OS(=O)(=O)c3c(F)c(F)c(F)c(F)c3F)cc2=CCC1. The molecule has 0 radical (unpaired) electrons. The molecule has 0 N–H and O–H groups in total. The van der Waals surface area contributed by atoms with Gasteiger partial charge in [0.2, 0.25) is 5.82 Å². The molecule has 0 atom stereocenters. The topological polar surface area (TPSA) is 82.1 Å². The summed E-state index contributed by atoms with van der Waals surface area (Å²) in [5.74, 6) is -13.3. The van der Waals surface area contributed by atoms with Gasteiger partial charge in [-0.05, 0) is 23.8 Å². The first-order valence-electron chi connectivity index (χ1n) is 9.14. The van der Waals surface area contributed by atoms with Crippen molar-refractivity contribution in [2.75, 3.05) is 21.3 Å². The van der Waals surface area contributed by atoms with Gasteiger partial charge in [-0.25, -0.2) is 27.0 Å². The molecule has 0 spiro atoms. The minimum atomic E-state index is -5.65. The lowest BCUT2D eigenvalue weighted by molar-refractivity contribution is -0.00954. The first-order chi connectivity index (χ1) is 15.4. The van der Waals surface area contributed by atoms with E-state index in [1.807, 2.05) is 0 Å². The van der Waals surface area contributed by atoms with Gasteiger partial charge in [0.15, 0.2) is 28.2 Å². The fourth-order valence-corrected chi connectivity index (χ4v) is 4.30. The van der Waals surface area contributed by atoms with E-state index < -0.39 is 50.0 Å². The minimum absolute atomic E-state index is 0.00678. The molecule has 178 valence electrons. The maximum absolute atomic E-state index is 13.9. The molecule has 0 aromatic heterocycles. The lowest BCUT2D eigenvalue weighted by Gasteiger charge is -2.19. The van der Waals surface area contributed by atoms with Crippen LogP contribution in [0.15, 0.2) is 17.0 Å². The predicted octanol–water partition coefficient (Wildman–Crippen LogP) is 2.11. The van der Waals surface area contributed by atoms with Crippen LogP contribution in [0.5, 0.6) is 5.75 Å². The van der Waals surface area contributed by atoms with Crippen molar-refractivity contribution in [3.8, 4) is 5.75 Å². The van der Waals surface area contributed by atoms with E-state index in [1.165, 1.54) is 26.4 Å². The number of fused-ring (bicyclic) bond motifs is 1. The summed E-state index contributed by atoms with van der Waals surface area (Å²) >= 11 is 0. The third-order valence-electron chi connectivity index (χ3n) is 4.80. The van der Waals surface area contributed by atoms with E-state index in [0.29, 0.717) is 29.0 Å². The molecule has 1 aliphatic carbocycles. The van der Waals surface area contributed by atoms with Crippen molar-refractivity contribution in [2.45, 2.75) is 17.7 Å². The number of methoxy groups -OCH3 is 2. The molecular formula is C20H16F5NO6S. The summed E-state index contributed by atoms with van der Waals surface area (Å²) in [6.45, 7) is 0. The monoisotopic (exact) mass is 493 g/mol. The Labute approximate surface area is 184 Å². The van der Waals surface area contributed by atoms with E-state index in [0.717, 1.165) is 7.05 Å². The minimum Gasteiger partial charge on any atom is -0.500 e.